The maximum absolute atomic E-state index is 4.29. The molecule has 0 aromatic carbocycles. The highest BCUT2D eigenvalue weighted by atomic mass is 15.3. The van der Waals surface area contributed by atoms with Crippen LogP contribution >= 0.6 is 0 Å². The summed E-state index contributed by atoms with van der Waals surface area (Å²) >= 11 is 0. The summed E-state index contributed by atoms with van der Waals surface area (Å²) < 4.78 is 1.75. The highest BCUT2D eigenvalue weighted by Gasteiger charge is 1.91. The van der Waals surface area contributed by atoms with Crippen LogP contribution in [-0.2, 0) is 13.5 Å². The molecule has 1 heterocycles. The van der Waals surface area contributed by atoms with Crippen molar-refractivity contribution >= 4 is 0 Å². The molecule has 0 radical (unpaired) electrons. The summed E-state index contributed by atoms with van der Waals surface area (Å²) in [4.78, 5) is 4.05. The molecule has 0 unspecified atom stereocenters. The average molecular weight is 193 g/mol. The highest BCUT2D eigenvalue weighted by Crippen LogP contribution is 1.89. The normalized spacial score (nSPS) is 10.4. The van der Waals surface area contributed by atoms with Gasteiger partial charge in [0.15, 0.2) is 0 Å². The molecule has 14 heavy (non-hydrogen) atoms. The van der Waals surface area contributed by atoms with Gasteiger partial charge in [-0.3, -0.25) is 4.68 Å². The van der Waals surface area contributed by atoms with Crippen LogP contribution in [0.25, 0.3) is 0 Å². The van der Waals surface area contributed by atoms with E-state index in [1.807, 2.05) is 33.0 Å². The third kappa shape index (κ3) is 3.56. The zero-order valence-electron chi connectivity index (χ0n) is 9.49. The first-order valence-corrected chi connectivity index (χ1v) is 4.96. The average Bonchev–Trinajstić information content (AvgIpc) is 2.24. The van der Waals surface area contributed by atoms with E-state index in [1.165, 1.54) is 6.20 Å². The van der Waals surface area contributed by atoms with E-state index in [4.69, 9.17) is 0 Å². The Kier molecular flexibility index (Phi) is 6.37. The van der Waals surface area contributed by atoms with Gasteiger partial charge in [0.2, 0.25) is 0 Å². The van der Waals surface area contributed by atoms with Crippen molar-refractivity contribution < 1.29 is 0 Å². The van der Waals surface area contributed by atoms with Crippen molar-refractivity contribution in [2.75, 3.05) is 0 Å². The molecular weight excluding hydrogens is 174 g/mol. The summed E-state index contributed by atoms with van der Waals surface area (Å²) in [5.41, 5.74) is 1.89. The van der Waals surface area contributed by atoms with Crippen molar-refractivity contribution in [3.8, 4) is 0 Å². The lowest BCUT2D eigenvalue weighted by atomic mass is 10.3. The molecule has 0 amide bonds. The van der Waals surface area contributed by atoms with Gasteiger partial charge in [-0.05, 0) is 18.6 Å². The predicted molar refractivity (Wildman–Crippen MR) is 59.7 cm³/mol. The lowest BCUT2D eigenvalue weighted by Crippen LogP contribution is -2.20. The van der Waals surface area contributed by atoms with E-state index in [0.29, 0.717) is 0 Å². The van der Waals surface area contributed by atoms with E-state index in [-0.39, 0.29) is 0 Å². The number of hydrogen-bond donors (Lipinski definition) is 0. The van der Waals surface area contributed by atoms with Crippen LogP contribution in [0.1, 0.15) is 26.5 Å². The molecule has 0 N–H and O–H groups in total. The number of nitrogens with zero attached hydrogens (tertiary/aromatic N) is 3. The van der Waals surface area contributed by atoms with Crippen molar-refractivity contribution in [2.24, 2.45) is 12.0 Å². The van der Waals surface area contributed by atoms with Gasteiger partial charge in [-0.15, -0.1) is 0 Å². The van der Waals surface area contributed by atoms with Gasteiger partial charge < -0.3 is 0 Å². The number of rotatable bonds is 2. The Bertz CT molecular complexity index is 337. The highest BCUT2D eigenvalue weighted by molar-refractivity contribution is 4.99. The van der Waals surface area contributed by atoms with Crippen LogP contribution < -0.4 is 5.49 Å². The quantitative estimate of drug-likeness (QED) is 0.707. The van der Waals surface area contributed by atoms with E-state index in [1.54, 1.807) is 4.68 Å². The van der Waals surface area contributed by atoms with Crippen molar-refractivity contribution in [1.29, 1.82) is 0 Å². The zero-order chi connectivity index (χ0) is 11.0. The summed E-state index contributed by atoms with van der Waals surface area (Å²) in [6.07, 6.45) is 2.46. The van der Waals surface area contributed by atoms with Gasteiger partial charge in [-0.2, -0.15) is 5.10 Å². The molecule has 78 valence electrons. The van der Waals surface area contributed by atoms with Gasteiger partial charge in [-0.1, -0.05) is 27.4 Å². The van der Waals surface area contributed by atoms with Crippen molar-refractivity contribution in [3.05, 3.63) is 36.1 Å². The molecule has 1 rings (SSSR count). The molecular formula is C11H19N3. The maximum Gasteiger partial charge on any atom is 0.148 e. The molecule has 3 heteroatoms. The molecule has 3 nitrogen and oxygen atoms in total. The van der Waals surface area contributed by atoms with Crippen molar-refractivity contribution in [2.45, 2.75) is 27.2 Å². The second kappa shape index (κ2) is 7.06. The van der Waals surface area contributed by atoms with Gasteiger partial charge in [0.25, 0.3) is 0 Å². The fourth-order valence-corrected chi connectivity index (χ4v) is 0.965. The largest absolute Gasteiger partial charge is 0.251 e. The monoisotopic (exact) mass is 193 g/mol. The smallest absolute Gasteiger partial charge is 0.148 e. The van der Waals surface area contributed by atoms with Gasteiger partial charge in [0.05, 0.1) is 5.69 Å². The zero-order valence-corrected chi connectivity index (χ0v) is 9.49. The van der Waals surface area contributed by atoms with Crippen molar-refractivity contribution in [3.63, 3.8) is 0 Å². The molecule has 0 aliphatic carbocycles. The second-order valence-corrected chi connectivity index (χ2v) is 2.47. The fourth-order valence-electron chi connectivity index (χ4n) is 0.965. The number of aryl methyl sites for hydroxylation is 2. The SMILES string of the molecule is C=CN=c1ccc(CC)nn1C.CC. The minimum Gasteiger partial charge on any atom is -0.251 e. The topological polar surface area (TPSA) is 30.2 Å². The minimum absolute atomic E-state index is 0.821. The minimum atomic E-state index is 0.821. The van der Waals surface area contributed by atoms with Gasteiger partial charge in [-0.25, -0.2) is 4.99 Å². The molecule has 1 aromatic heterocycles. The Morgan fingerprint density at radius 3 is 2.57 bits per heavy atom. The number of hydrogen-bond acceptors (Lipinski definition) is 2. The van der Waals surface area contributed by atoms with Crippen LogP contribution in [-0.4, -0.2) is 9.78 Å². The van der Waals surface area contributed by atoms with Crippen molar-refractivity contribution in [1.82, 2.24) is 9.78 Å². The molecule has 0 aliphatic heterocycles. The maximum atomic E-state index is 4.29. The summed E-state index contributed by atoms with van der Waals surface area (Å²) in [7, 11) is 1.88. The third-order valence-electron chi connectivity index (χ3n) is 1.62. The molecule has 0 saturated carbocycles. The fraction of sp³-hybridized carbons (Fsp3) is 0.455. The standard InChI is InChI=1S/C9H13N3.C2H6/c1-4-8-6-7-9(10-5-2)12(3)11-8;1-2/h5-7H,2,4H2,1,3H3;1-2H3. The molecule has 0 atom stereocenters. The molecule has 0 fully saturated rings. The molecule has 1 aromatic rings. The van der Waals surface area contributed by atoms with E-state index in [9.17, 15) is 0 Å². The summed E-state index contributed by atoms with van der Waals surface area (Å²) in [6.45, 7) is 9.61. The summed E-state index contributed by atoms with van der Waals surface area (Å²) in [6, 6.07) is 3.91. The van der Waals surface area contributed by atoms with E-state index in [0.717, 1.165) is 17.6 Å². The molecule has 0 aliphatic rings. The summed E-state index contributed by atoms with van der Waals surface area (Å²) in [5, 5.41) is 4.29. The Balaban J connectivity index is 0.000000791. The lowest BCUT2D eigenvalue weighted by molar-refractivity contribution is 0.668. The van der Waals surface area contributed by atoms with Crippen LogP contribution in [0.3, 0.4) is 0 Å². The van der Waals surface area contributed by atoms with Gasteiger partial charge in [0.1, 0.15) is 5.49 Å². The Morgan fingerprint density at radius 1 is 1.50 bits per heavy atom. The van der Waals surface area contributed by atoms with Crippen LogP contribution in [0.2, 0.25) is 0 Å². The first kappa shape index (κ1) is 12.6. The van der Waals surface area contributed by atoms with Crippen LogP contribution in [0.15, 0.2) is 29.9 Å². The predicted octanol–water partition coefficient (Wildman–Crippen LogP) is 2.05. The first-order chi connectivity index (χ1) is 6.77. The second-order valence-electron chi connectivity index (χ2n) is 2.47. The van der Waals surface area contributed by atoms with Gasteiger partial charge >= 0.3 is 0 Å². The van der Waals surface area contributed by atoms with Gasteiger partial charge in [0, 0.05) is 13.2 Å². The van der Waals surface area contributed by atoms with Crippen LogP contribution in [0.4, 0.5) is 0 Å². The summed E-state index contributed by atoms with van der Waals surface area (Å²) in [5.74, 6) is 0. The van der Waals surface area contributed by atoms with E-state index >= 15 is 0 Å². The van der Waals surface area contributed by atoms with E-state index < -0.39 is 0 Å². The molecule has 0 bridgehead atoms. The number of aromatic nitrogens is 2. The first-order valence-electron chi connectivity index (χ1n) is 4.96. The Morgan fingerprint density at radius 2 is 2.14 bits per heavy atom. The molecule has 0 saturated heterocycles. The Hall–Kier alpha value is -1.38. The van der Waals surface area contributed by atoms with E-state index in [2.05, 4.69) is 23.6 Å². The lowest BCUT2D eigenvalue weighted by Gasteiger charge is -2.00. The molecule has 0 spiro atoms. The third-order valence-corrected chi connectivity index (χ3v) is 1.62. The van der Waals surface area contributed by atoms with Crippen LogP contribution in [0.5, 0.6) is 0 Å². The Labute approximate surface area is 85.8 Å². The van der Waals surface area contributed by atoms with Crippen LogP contribution in [0, 0.1) is 0 Å².